The Labute approximate surface area is 204 Å². The molecule has 0 saturated carbocycles. The smallest absolute Gasteiger partial charge is 0.324 e. The summed E-state index contributed by atoms with van der Waals surface area (Å²) in [4.78, 5) is 46.5. The number of urea groups is 1. The number of benzene rings is 2. The van der Waals surface area contributed by atoms with Crippen LogP contribution < -0.4 is 5.32 Å². The Bertz CT molecular complexity index is 1220. The van der Waals surface area contributed by atoms with Crippen molar-refractivity contribution in [3.63, 3.8) is 0 Å². The molecular formula is C26H30N6O3. The van der Waals surface area contributed by atoms with Gasteiger partial charge in [-0.2, -0.15) is 0 Å². The Morgan fingerprint density at radius 2 is 1.63 bits per heavy atom. The number of aromatic nitrogens is 2. The first-order chi connectivity index (χ1) is 17.1. The highest BCUT2D eigenvalue weighted by Gasteiger charge is 2.26. The molecule has 0 bridgehead atoms. The number of nitrogens with one attached hydrogen (secondary N) is 1. The quantitative estimate of drug-likeness (QED) is 0.566. The van der Waals surface area contributed by atoms with Gasteiger partial charge in [-0.1, -0.05) is 42.5 Å². The molecule has 1 aromatic heterocycles. The molecule has 9 nitrogen and oxygen atoms in total. The van der Waals surface area contributed by atoms with Gasteiger partial charge >= 0.3 is 6.03 Å². The Hall–Kier alpha value is -3.72. The third-order valence-electron chi connectivity index (χ3n) is 6.75. The zero-order chi connectivity index (χ0) is 24.2. The number of piperazine rings is 1. The molecule has 35 heavy (non-hydrogen) atoms. The molecule has 0 unspecified atom stereocenters. The molecule has 0 radical (unpaired) electrons. The third-order valence-corrected chi connectivity index (χ3v) is 6.75. The van der Waals surface area contributed by atoms with Crippen molar-refractivity contribution in [2.45, 2.75) is 25.9 Å². The van der Waals surface area contributed by atoms with Gasteiger partial charge in [0.15, 0.2) is 0 Å². The second-order valence-corrected chi connectivity index (χ2v) is 9.09. The SMILES string of the molecule is O=C1CCN(CCC(=O)N2CCN(Cc3nc4ccccc4n3Cc3ccccc3)CC2)C(=O)N1. The van der Waals surface area contributed by atoms with E-state index in [1.807, 2.05) is 23.1 Å². The molecule has 3 aromatic rings. The summed E-state index contributed by atoms with van der Waals surface area (Å²) in [5, 5.41) is 2.30. The van der Waals surface area contributed by atoms with Crippen molar-refractivity contribution in [1.29, 1.82) is 0 Å². The summed E-state index contributed by atoms with van der Waals surface area (Å²) < 4.78 is 2.29. The molecule has 2 aliphatic heterocycles. The van der Waals surface area contributed by atoms with Gasteiger partial charge in [-0.3, -0.25) is 19.8 Å². The molecule has 0 spiro atoms. The molecular weight excluding hydrogens is 444 g/mol. The maximum atomic E-state index is 12.7. The molecule has 1 N–H and O–H groups in total. The fraction of sp³-hybridized carbons (Fsp3) is 0.385. The molecule has 2 fully saturated rings. The van der Waals surface area contributed by atoms with Crippen LogP contribution in [0.3, 0.4) is 0 Å². The molecule has 182 valence electrons. The van der Waals surface area contributed by atoms with Crippen LogP contribution in [0.5, 0.6) is 0 Å². The third kappa shape index (κ3) is 5.35. The van der Waals surface area contributed by atoms with E-state index in [1.54, 1.807) is 0 Å². The summed E-state index contributed by atoms with van der Waals surface area (Å²) in [6.45, 7) is 5.07. The molecule has 5 rings (SSSR count). The average Bonchev–Trinajstić information content (AvgIpc) is 3.21. The number of carbonyl (C=O) groups excluding carboxylic acids is 3. The Morgan fingerprint density at radius 3 is 2.40 bits per heavy atom. The minimum atomic E-state index is -0.405. The van der Waals surface area contributed by atoms with E-state index < -0.39 is 6.03 Å². The maximum Gasteiger partial charge on any atom is 0.324 e. The first-order valence-corrected chi connectivity index (χ1v) is 12.1. The predicted molar refractivity (Wildman–Crippen MR) is 131 cm³/mol. The normalized spacial score (nSPS) is 17.1. The zero-order valence-corrected chi connectivity index (χ0v) is 19.7. The number of para-hydroxylation sites is 2. The minimum Gasteiger partial charge on any atom is -0.340 e. The van der Waals surface area contributed by atoms with Crippen molar-refractivity contribution in [3.05, 3.63) is 66.0 Å². The van der Waals surface area contributed by atoms with Gasteiger partial charge in [-0.25, -0.2) is 9.78 Å². The lowest BCUT2D eigenvalue weighted by atomic mass is 10.2. The van der Waals surface area contributed by atoms with Gasteiger partial charge in [0.2, 0.25) is 11.8 Å². The average molecular weight is 475 g/mol. The molecule has 0 aliphatic carbocycles. The number of nitrogens with zero attached hydrogens (tertiary/aromatic N) is 5. The maximum absolute atomic E-state index is 12.7. The Balaban J connectivity index is 1.18. The standard InChI is InChI=1S/C26H30N6O3/c33-24-10-12-31(26(35)28-24)13-11-25(34)30-16-14-29(15-17-30)19-23-27-21-8-4-5-9-22(21)32(23)18-20-6-2-1-3-7-20/h1-9H,10-19H2,(H,28,33,35). The van der Waals surface area contributed by atoms with E-state index in [-0.39, 0.29) is 24.7 Å². The van der Waals surface area contributed by atoms with Crippen molar-refractivity contribution >= 4 is 28.9 Å². The van der Waals surface area contributed by atoms with Gasteiger partial charge in [-0.05, 0) is 17.7 Å². The van der Waals surface area contributed by atoms with Crippen LogP contribution in [-0.4, -0.2) is 81.4 Å². The number of imidazole rings is 1. The van der Waals surface area contributed by atoms with E-state index in [4.69, 9.17) is 4.98 Å². The summed E-state index contributed by atoms with van der Waals surface area (Å²) in [7, 11) is 0. The van der Waals surface area contributed by atoms with Crippen LogP contribution in [0.15, 0.2) is 54.6 Å². The van der Waals surface area contributed by atoms with E-state index in [0.717, 1.165) is 43.0 Å². The van der Waals surface area contributed by atoms with Crippen LogP contribution in [0.4, 0.5) is 4.79 Å². The summed E-state index contributed by atoms with van der Waals surface area (Å²) in [6.07, 6.45) is 0.558. The number of amides is 4. The lowest BCUT2D eigenvalue weighted by Crippen LogP contribution is -2.51. The monoisotopic (exact) mass is 474 g/mol. The second-order valence-electron chi connectivity index (χ2n) is 9.09. The lowest BCUT2D eigenvalue weighted by molar-refractivity contribution is -0.133. The number of hydrogen-bond acceptors (Lipinski definition) is 5. The van der Waals surface area contributed by atoms with Crippen molar-refractivity contribution in [2.24, 2.45) is 0 Å². The van der Waals surface area contributed by atoms with Gasteiger partial charge in [0, 0.05) is 58.7 Å². The zero-order valence-electron chi connectivity index (χ0n) is 19.7. The van der Waals surface area contributed by atoms with Crippen molar-refractivity contribution < 1.29 is 14.4 Å². The van der Waals surface area contributed by atoms with Gasteiger partial charge in [0.25, 0.3) is 0 Å². The van der Waals surface area contributed by atoms with Crippen LogP contribution in [0.25, 0.3) is 11.0 Å². The van der Waals surface area contributed by atoms with Crippen molar-refractivity contribution in [1.82, 2.24) is 29.6 Å². The topological polar surface area (TPSA) is 90.8 Å². The van der Waals surface area contributed by atoms with Gasteiger partial charge in [0.05, 0.1) is 17.6 Å². The van der Waals surface area contributed by atoms with Gasteiger partial charge in [-0.15, -0.1) is 0 Å². The lowest BCUT2D eigenvalue weighted by Gasteiger charge is -2.35. The Kier molecular flexibility index (Phi) is 6.76. The van der Waals surface area contributed by atoms with E-state index in [1.165, 1.54) is 10.5 Å². The van der Waals surface area contributed by atoms with Gasteiger partial charge < -0.3 is 14.4 Å². The molecule has 9 heteroatoms. The molecule has 2 aliphatic rings. The highest BCUT2D eigenvalue weighted by molar-refractivity contribution is 5.96. The minimum absolute atomic E-state index is 0.0469. The molecule has 0 atom stereocenters. The predicted octanol–water partition coefficient (Wildman–Crippen LogP) is 2.06. The van der Waals surface area contributed by atoms with E-state index in [0.29, 0.717) is 26.2 Å². The highest BCUT2D eigenvalue weighted by atomic mass is 16.2. The van der Waals surface area contributed by atoms with Crippen molar-refractivity contribution in [2.75, 3.05) is 39.3 Å². The molecule has 4 amide bonds. The summed E-state index contributed by atoms with van der Waals surface area (Å²) >= 11 is 0. The van der Waals surface area contributed by atoms with Gasteiger partial charge in [0.1, 0.15) is 5.82 Å². The first kappa shape index (κ1) is 23.0. The summed E-state index contributed by atoms with van der Waals surface area (Å²) in [6, 6.07) is 18.2. The number of imide groups is 1. The molecule has 2 saturated heterocycles. The Morgan fingerprint density at radius 1 is 0.886 bits per heavy atom. The largest absolute Gasteiger partial charge is 0.340 e. The number of rotatable bonds is 7. The van der Waals surface area contributed by atoms with Crippen molar-refractivity contribution in [3.8, 4) is 0 Å². The summed E-state index contributed by atoms with van der Waals surface area (Å²) in [5.41, 5.74) is 3.36. The van der Waals surface area contributed by atoms with Crippen LogP contribution in [0.1, 0.15) is 24.2 Å². The number of fused-ring (bicyclic) bond motifs is 1. The number of carbonyl (C=O) groups is 3. The molecule has 3 heterocycles. The fourth-order valence-corrected chi connectivity index (χ4v) is 4.74. The van der Waals surface area contributed by atoms with Crippen LogP contribution in [-0.2, 0) is 22.7 Å². The van der Waals surface area contributed by atoms with E-state index in [2.05, 4.69) is 51.2 Å². The first-order valence-electron chi connectivity index (χ1n) is 12.1. The summed E-state index contributed by atoms with van der Waals surface area (Å²) in [5.74, 6) is 0.817. The molecule has 2 aromatic carbocycles. The highest BCUT2D eigenvalue weighted by Crippen LogP contribution is 2.20. The van der Waals surface area contributed by atoms with Crippen LogP contribution >= 0.6 is 0 Å². The number of hydrogen-bond donors (Lipinski definition) is 1. The fourth-order valence-electron chi connectivity index (χ4n) is 4.74. The van der Waals surface area contributed by atoms with E-state index in [9.17, 15) is 14.4 Å². The van der Waals surface area contributed by atoms with Crippen LogP contribution in [0, 0.1) is 0 Å². The van der Waals surface area contributed by atoms with E-state index >= 15 is 0 Å². The van der Waals surface area contributed by atoms with Crippen LogP contribution in [0.2, 0.25) is 0 Å². The second kappa shape index (κ2) is 10.3.